The van der Waals surface area contributed by atoms with Gasteiger partial charge in [-0.3, -0.25) is 10.1 Å². The van der Waals surface area contributed by atoms with Crippen LogP contribution >= 0.6 is 0 Å². The summed E-state index contributed by atoms with van der Waals surface area (Å²) in [4.78, 5) is 23.1. The first-order valence-corrected chi connectivity index (χ1v) is 3.05. The zero-order chi connectivity index (χ0) is 7.94. The number of carbonyl (C=O) groups is 2. The van der Waals surface area contributed by atoms with Crippen molar-refractivity contribution in [2.45, 2.75) is 19.4 Å². The van der Waals surface area contributed by atoms with Crippen molar-refractivity contribution in [3.05, 3.63) is 0 Å². The molecule has 0 aromatic rings. The fourth-order valence-corrected chi connectivity index (χ4v) is 0.740. The molecule has 0 saturated carbocycles. The molecule has 1 fully saturated rings. The van der Waals surface area contributed by atoms with Crippen LogP contribution in [0.25, 0.3) is 0 Å². The number of likely N-dealkylation sites (N-methyl/N-ethyl adjacent to an activating group) is 1. The molecule has 0 unspecified atom stereocenters. The molecule has 0 bridgehead atoms. The van der Waals surface area contributed by atoms with Crippen molar-refractivity contribution in [1.82, 2.24) is 10.2 Å². The van der Waals surface area contributed by atoms with E-state index < -0.39 is 5.54 Å². The fraction of sp³-hybridized carbons (Fsp3) is 0.667. The van der Waals surface area contributed by atoms with Crippen molar-refractivity contribution in [2.75, 3.05) is 7.05 Å². The molecule has 4 nitrogen and oxygen atoms in total. The van der Waals surface area contributed by atoms with Crippen molar-refractivity contribution >= 4 is 63.3 Å². The van der Waals surface area contributed by atoms with E-state index in [1.54, 1.807) is 20.9 Å². The summed E-state index contributed by atoms with van der Waals surface area (Å²) in [5, 5.41) is 2.20. The third-order valence-corrected chi connectivity index (χ3v) is 1.92. The van der Waals surface area contributed by atoms with Crippen molar-refractivity contribution in [3.8, 4) is 0 Å². The summed E-state index contributed by atoms with van der Waals surface area (Å²) in [6.07, 6.45) is 0. The van der Waals surface area contributed by atoms with E-state index >= 15 is 0 Å². The van der Waals surface area contributed by atoms with Gasteiger partial charge in [0.1, 0.15) is 5.54 Å². The minimum absolute atomic E-state index is 0. The van der Waals surface area contributed by atoms with E-state index in [0.29, 0.717) is 0 Å². The predicted molar refractivity (Wildman–Crippen MR) is 42.5 cm³/mol. The average Bonchev–Trinajstić information content (AvgIpc) is 1.97. The van der Waals surface area contributed by atoms with E-state index in [4.69, 9.17) is 0 Å². The maximum absolute atomic E-state index is 10.9. The second-order valence-electron chi connectivity index (χ2n) is 2.88. The average molecular weight is 182 g/mol. The summed E-state index contributed by atoms with van der Waals surface area (Å²) < 4.78 is 0. The van der Waals surface area contributed by atoms with Crippen LogP contribution in [0.1, 0.15) is 13.8 Å². The van der Waals surface area contributed by atoms with Gasteiger partial charge in [-0.25, -0.2) is 4.79 Å². The Morgan fingerprint density at radius 2 is 1.82 bits per heavy atom. The number of rotatable bonds is 0. The van der Waals surface area contributed by atoms with Crippen molar-refractivity contribution in [3.63, 3.8) is 0 Å². The second-order valence-corrected chi connectivity index (χ2v) is 2.88. The van der Waals surface area contributed by atoms with Crippen LogP contribution in [0.5, 0.6) is 0 Å². The SMILES string of the molecule is CN1C(=O)NC(=O)C1(C)C.[KH]. The Morgan fingerprint density at radius 1 is 1.36 bits per heavy atom. The molecule has 0 aliphatic carbocycles. The van der Waals surface area contributed by atoms with Crippen molar-refractivity contribution in [2.24, 2.45) is 0 Å². The second kappa shape index (κ2) is 3.53. The molecule has 0 atom stereocenters. The molecular formula is C6H11KN2O2. The Balaban J connectivity index is 0.000001000. The van der Waals surface area contributed by atoms with Gasteiger partial charge in [0.2, 0.25) is 0 Å². The van der Waals surface area contributed by atoms with Crippen molar-refractivity contribution < 1.29 is 9.59 Å². The van der Waals surface area contributed by atoms with Crippen molar-refractivity contribution in [1.29, 1.82) is 0 Å². The Labute approximate surface area is 108 Å². The summed E-state index contributed by atoms with van der Waals surface area (Å²) >= 11 is 0. The van der Waals surface area contributed by atoms with Crippen LogP contribution in [-0.4, -0.2) is 80.8 Å². The number of amides is 3. The minimum atomic E-state index is -0.683. The topological polar surface area (TPSA) is 49.4 Å². The molecule has 1 saturated heterocycles. The molecule has 1 aliphatic heterocycles. The molecule has 0 aromatic carbocycles. The van der Waals surface area contributed by atoms with Crippen LogP contribution in [-0.2, 0) is 4.79 Å². The van der Waals surface area contributed by atoms with Gasteiger partial charge < -0.3 is 4.90 Å². The van der Waals surface area contributed by atoms with Gasteiger partial charge in [-0.15, -0.1) is 0 Å². The van der Waals surface area contributed by atoms with Gasteiger partial charge in [-0.05, 0) is 13.8 Å². The number of nitrogens with zero attached hydrogens (tertiary/aromatic N) is 1. The zero-order valence-corrected chi connectivity index (χ0v) is 6.26. The number of urea groups is 1. The van der Waals surface area contributed by atoms with Crippen LogP contribution in [0.15, 0.2) is 0 Å². The molecule has 58 valence electrons. The summed E-state index contributed by atoms with van der Waals surface area (Å²) in [6.45, 7) is 3.40. The standard InChI is InChI=1S/C6H10N2O2.K.H/c1-6(2)4(9)7-5(10)8(6)3;;/h1-3H3,(H,7,9,10);;. The number of imide groups is 1. The Bertz CT molecular complexity index is 203. The number of hydrogen-bond donors (Lipinski definition) is 1. The first-order valence-electron chi connectivity index (χ1n) is 3.05. The van der Waals surface area contributed by atoms with Crippen LogP contribution in [0.2, 0.25) is 0 Å². The first kappa shape index (κ1) is 11.6. The molecule has 3 amide bonds. The van der Waals surface area contributed by atoms with Gasteiger partial charge in [0.05, 0.1) is 0 Å². The zero-order valence-electron chi connectivity index (χ0n) is 6.26. The molecule has 1 N–H and O–H groups in total. The molecular weight excluding hydrogens is 171 g/mol. The van der Waals surface area contributed by atoms with E-state index in [9.17, 15) is 9.59 Å². The Hall–Kier alpha value is 0.576. The predicted octanol–water partition coefficient (Wildman–Crippen LogP) is -0.702. The molecule has 1 rings (SSSR count). The Kier molecular flexibility index (Phi) is 3.71. The quantitative estimate of drug-likeness (QED) is 0.398. The number of nitrogens with one attached hydrogen (secondary N) is 1. The summed E-state index contributed by atoms with van der Waals surface area (Å²) in [6, 6.07) is -0.324. The summed E-state index contributed by atoms with van der Waals surface area (Å²) in [7, 11) is 1.60. The van der Waals surface area contributed by atoms with E-state index in [2.05, 4.69) is 5.32 Å². The molecule has 11 heavy (non-hydrogen) atoms. The third-order valence-electron chi connectivity index (χ3n) is 1.92. The van der Waals surface area contributed by atoms with Gasteiger partial charge in [0.25, 0.3) is 5.91 Å². The number of carbonyl (C=O) groups excluding carboxylic acids is 2. The van der Waals surface area contributed by atoms with Crippen LogP contribution in [0.4, 0.5) is 4.79 Å². The van der Waals surface area contributed by atoms with Gasteiger partial charge in [-0.2, -0.15) is 0 Å². The monoisotopic (exact) mass is 182 g/mol. The normalized spacial score (nSPS) is 21.2. The van der Waals surface area contributed by atoms with Gasteiger partial charge in [-0.1, -0.05) is 0 Å². The first-order chi connectivity index (χ1) is 4.46. The maximum atomic E-state index is 10.9. The Morgan fingerprint density at radius 3 is 1.91 bits per heavy atom. The van der Waals surface area contributed by atoms with Gasteiger partial charge in [0, 0.05) is 7.05 Å². The number of hydrogen-bond acceptors (Lipinski definition) is 2. The van der Waals surface area contributed by atoms with Gasteiger partial charge >= 0.3 is 57.4 Å². The van der Waals surface area contributed by atoms with E-state index in [1.165, 1.54) is 4.90 Å². The van der Waals surface area contributed by atoms with Crippen LogP contribution in [0, 0.1) is 0 Å². The summed E-state index contributed by atoms with van der Waals surface area (Å²) in [5.41, 5.74) is -0.683. The fourth-order valence-electron chi connectivity index (χ4n) is 0.740. The molecule has 0 aromatic heterocycles. The van der Waals surface area contributed by atoms with Crippen LogP contribution in [0.3, 0.4) is 0 Å². The van der Waals surface area contributed by atoms with Gasteiger partial charge in [0.15, 0.2) is 0 Å². The molecule has 1 aliphatic rings. The molecule has 5 heteroatoms. The third kappa shape index (κ3) is 1.84. The van der Waals surface area contributed by atoms with Crippen LogP contribution < -0.4 is 5.32 Å². The van der Waals surface area contributed by atoms with E-state index in [1.807, 2.05) is 0 Å². The molecule has 0 radical (unpaired) electrons. The molecule has 1 heterocycles. The van der Waals surface area contributed by atoms with E-state index in [0.717, 1.165) is 0 Å². The summed E-state index contributed by atoms with van der Waals surface area (Å²) in [5.74, 6) is -0.236. The van der Waals surface area contributed by atoms with E-state index in [-0.39, 0.29) is 63.3 Å². The molecule has 0 spiro atoms.